The predicted molar refractivity (Wildman–Crippen MR) is 88.1 cm³/mol. The normalized spacial score (nSPS) is 10.3. The van der Waals surface area contributed by atoms with Crippen LogP contribution in [0.1, 0.15) is 11.1 Å². The standard InChI is InChI=1S/C16H17Cl2NO2/c1-10-12(17)5-4-6-14(10)19-9-11-7-13(18)16(21-3)15(8-11)20-2/h4-8,19H,9H2,1-3H3. The molecule has 0 spiro atoms. The summed E-state index contributed by atoms with van der Waals surface area (Å²) in [4.78, 5) is 0. The Morgan fingerprint density at radius 2 is 1.81 bits per heavy atom. The lowest BCUT2D eigenvalue weighted by Gasteiger charge is -2.14. The lowest BCUT2D eigenvalue weighted by atomic mass is 10.1. The van der Waals surface area contributed by atoms with Gasteiger partial charge in [0.1, 0.15) is 0 Å². The molecule has 2 rings (SSSR count). The van der Waals surface area contributed by atoms with Crippen molar-refractivity contribution in [2.75, 3.05) is 19.5 Å². The Labute approximate surface area is 134 Å². The monoisotopic (exact) mass is 325 g/mol. The fourth-order valence-electron chi connectivity index (χ4n) is 2.07. The summed E-state index contributed by atoms with van der Waals surface area (Å²) in [6.45, 7) is 2.59. The van der Waals surface area contributed by atoms with E-state index in [4.69, 9.17) is 32.7 Å². The van der Waals surface area contributed by atoms with Crippen molar-refractivity contribution < 1.29 is 9.47 Å². The minimum atomic E-state index is 0.525. The van der Waals surface area contributed by atoms with Gasteiger partial charge in [0.05, 0.1) is 19.2 Å². The second-order valence-corrected chi connectivity index (χ2v) is 5.39. The minimum Gasteiger partial charge on any atom is -0.493 e. The number of benzene rings is 2. The van der Waals surface area contributed by atoms with E-state index in [2.05, 4.69) is 5.32 Å². The van der Waals surface area contributed by atoms with Gasteiger partial charge in [0.2, 0.25) is 0 Å². The van der Waals surface area contributed by atoms with Gasteiger partial charge in [0, 0.05) is 17.3 Å². The maximum absolute atomic E-state index is 6.20. The van der Waals surface area contributed by atoms with Crippen LogP contribution >= 0.6 is 23.2 Å². The first kappa shape index (κ1) is 15.8. The van der Waals surface area contributed by atoms with Gasteiger partial charge in [0.15, 0.2) is 11.5 Å². The Bertz CT molecular complexity index is 644. The van der Waals surface area contributed by atoms with E-state index in [1.54, 1.807) is 14.2 Å². The van der Waals surface area contributed by atoms with Gasteiger partial charge in [-0.25, -0.2) is 0 Å². The Kier molecular flexibility index (Phi) is 5.21. The molecule has 21 heavy (non-hydrogen) atoms. The molecular formula is C16H17Cl2NO2. The summed E-state index contributed by atoms with van der Waals surface area (Å²) in [5.41, 5.74) is 3.01. The van der Waals surface area contributed by atoms with E-state index >= 15 is 0 Å². The molecule has 0 aromatic heterocycles. The first-order chi connectivity index (χ1) is 10.1. The zero-order valence-corrected chi connectivity index (χ0v) is 13.7. The fourth-order valence-corrected chi connectivity index (χ4v) is 2.55. The summed E-state index contributed by atoms with van der Waals surface area (Å²) in [5, 5.41) is 4.61. The summed E-state index contributed by atoms with van der Waals surface area (Å²) < 4.78 is 10.5. The van der Waals surface area contributed by atoms with Crippen LogP contribution < -0.4 is 14.8 Å². The maximum atomic E-state index is 6.20. The molecule has 0 bridgehead atoms. The molecule has 0 saturated carbocycles. The van der Waals surface area contributed by atoms with E-state index in [-0.39, 0.29) is 0 Å². The Morgan fingerprint density at radius 1 is 1.05 bits per heavy atom. The number of anilines is 1. The van der Waals surface area contributed by atoms with Gasteiger partial charge in [-0.3, -0.25) is 0 Å². The summed E-state index contributed by atoms with van der Waals surface area (Å²) in [6.07, 6.45) is 0. The van der Waals surface area contributed by atoms with Crippen LogP contribution in [-0.2, 0) is 6.54 Å². The van der Waals surface area contributed by atoms with E-state index in [0.29, 0.717) is 23.1 Å². The molecule has 0 aliphatic carbocycles. The molecule has 0 aliphatic rings. The molecule has 0 heterocycles. The van der Waals surface area contributed by atoms with Crippen LogP contribution in [0.2, 0.25) is 10.0 Å². The van der Waals surface area contributed by atoms with Crippen LogP contribution in [0, 0.1) is 6.92 Å². The van der Waals surface area contributed by atoms with E-state index in [9.17, 15) is 0 Å². The molecule has 0 fully saturated rings. The Balaban J connectivity index is 2.20. The summed E-state index contributed by atoms with van der Waals surface area (Å²) in [6, 6.07) is 9.53. The molecule has 2 aromatic rings. The average molecular weight is 326 g/mol. The van der Waals surface area contributed by atoms with Crippen LogP contribution in [0.4, 0.5) is 5.69 Å². The number of methoxy groups -OCH3 is 2. The average Bonchev–Trinajstić information content (AvgIpc) is 2.48. The molecule has 0 radical (unpaired) electrons. The van der Waals surface area contributed by atoms with Crippen molar-refractivity contribution in [3.8, 4) is 11.5 Å². The van der Waals surface area contributed by atoms with E-state index < -0.39 is 0 Å². The van der Waals surface area contributed by atoms with Crippen molar-refractivity contribution in [3.63, 3.8) is 0 Å². The van der Waals surface area contributed by atoms with Gasteiger partial charge in [0.25, 0.3) is 0 Å². The molecule has 0 saturated heterocycles. The second kappa shape index (κ2) is 6.92. The van der Waals surface area contributed by atoms with Crippen molar-refractivity contribution in [1.82, 2.24) is 0 Å². The van der Waals surface area contributed by atoms with Gasteiger partial charge in [-0.15, -0.1) is 0 Å². The van der Waals surface area contributed by atoms with Crippen molar-refractivity contribution in [2.45, 2.75) is 13.5 Å². The highest BCUT2D eigenvalue weighted by atomic mass is 35.5. The summed E-state index contributed by atoms with van der Waals surface area (Å²) >= 11 is 12.3. The van der Waals surface area contributed by atoms with Crippen molar-refractivity contribution >= 4 is 28.9 Å². The lowest BCUT2D eigenvalue weighted by molar-refractivity contribution is 0.355. The van der Waals surface area contributed by atoms with Crippen LogP contribution in [0.5, 0.6) is 11.5 Å². The molecule has 0 amide bonds. The first-order valence-electron chi connectivity index (χ1n) is 6.46. The molecule has 0 atom stereocenters. The largest absolute Gasteiger partial charge is 0.493 e. The highest BCUT2D eigenvalue weighted by Crippen LogP contribution is 2.36. The zero-order chi connectivity index (χ0) is 15.4. The molecule has 112 valence electrons. The van der Waals surface area contributed by atoms with E-state index in [0.717, 1.165) is 21.8 Å². The SMILES string of the molecule is COc1cc(CNc2cccc(Cl)c2C)cc(Cl)c1OC. The molecule has 1 N–H and O–H groups in total. The Hall–Kier alpha value is -1.58. The molecule has 3 nitrogen and oxygen atoms in total. The van der Waals surface area contributed by atoms with Gasteiger partial charge in [-0.1, -0.05) is 29.3 Å². The lowest BCUT2D eigenvalue weighted by Crippen LogP contribution is -2.02. The third kappa shape index (κ3) is 3.55. The third-order valence-electron chi connectivity index (χ3n) is 3.24. The predicted octanol–water partition coefficient (Wildman–Crippen LogP) is 4.93. The molecule has 5 heteroatoms. The van der Waals surface area contributed by atoms with Gasteiger partial charge in [-0.05, 0) is 42.3 Å². The fraction of sp³-hybridized carbons (Fsp3) is 0.250. The van der Waals surface area contributed by atoms with Crippen molar-refractivity contribution in [2.24, 2.45) is 0 Å². The Morgan fingerprint density at radius 3 is 2.48 bits per heavy atom. The van der Waals surface area contributed by atoms with Crippen molar-refractivity contribution in [1.29, 1.82) is 0 Å². The topological polar surface area (TPSA) is 30.5 Å². The van der Waals surface area contributed by atoms with Crippen LogP contribution in [-0.4, -0.2) is 14.2 Å². The summed E-state index contributed by atoms with van der Waals surface area (Å²) in [7, 11) is 3.16. The van der Waals surface area contributed by atoms with Crippen LogP contribution in [0.15, 0.2) is 30.3 Å². The minimum absolute atomic E-state index is 0.525. The number of ether oxygens (including phenoxy) is 2. The number of hydrogen-bond donors (Lipinski definition) is 1. The molecule has 0 aliphatic heterocycles. The number of hydrogen-bond acceptors (Lipinski definition) is 3. The first-order valence-corrected chi connectivity index (χ1v) is 7.21. The van der Waals surface area contributed by atoms with Crippen LogP contribution in [0.3, 0.4) is 0 Å². The molecule has 2 aromatic carbocycles. The van der Waals surface area contributed by atoms with Crippen LogP contribution in [0.25, 0.3) is 0 Å². The quantitative estimate of drug-likeness (QED) is 0.845. The third-order valence-corrected chi connectivity index (χ3v) is 3.93. The summed E-state index contributed by atoms with van der Waals surface area (Å²) in [5.74, 6) is 1.16. The van der Waals surface area contributed by atoms with E-state index in [1.807, 2.05) is 37.3 Å². The highest BCUT2D eigenvalue weighted by molar-refractivity contribution is 6.32. The number of nitrogens with one attached hydrogen (secondary N) is 1. The number of halogens is 2. The van der Waals surface area contributed by atoms with E-state index in [1.165, 1.54) is 0 Å². The molecular weight excluding hydrogens is 309 g/mol. The number of rotatable bonds is 5. The smallest absolute Gasteiger partial charge is 0.179 e. The molecule has 0 unspecified atom stereocenters. The van der Waals surface area contributed by atoms with Gasteiger partial charge in [-0.2, -0.15) is 0 Å². The zero-order valence-electron chi connectivity index (χ0n) is 12.2. The van der Waals surface area contributed by atoms with Crippen molar-refractivity contribution in [3.05, 3.63) is 51.5 Å². The maximum Gasteiger partial charge on any atom is 0.179 e. The second-order valence-electron chi connectivity index (χ2n) is 4.58. The highest BCUT2D eigenvalue weighted by Gasteiger charge is 2.11. The van der Waals surface area contributed by atoms with Gasteiger partial charge >= 0.3 is 0 Å². The van der Waals surface area contributed by atoms with Gasteiger partial charge < -0.3 is 14.8 Å².